The predicted molar refractivity (Wildman–Crippen MR) is 55.3 cm³/mol. The molecule has 0 saturated heterocycles. The third-order valence-electron chi connectivity index (χ3n) is 2.74. The van der Waals surface area contributed by atoms with Crippen molar-refractivity contribution in [2.75, 3.05) is 0 Å². The summed E-state index contributed by atoms with van der Waals surface area (Å²) in [6.45, 7) is 1.82. The van der Waals surface area contributed by atoms with Gasteiger partial charge < -0.3 is 9.84 Å². The van der Waals surface area contributed by atoms with Gasteiger partial charge >= 0.3 is 0 Å². The van der Waals surface area contributed by atoms with Gasteiger partial charge in [0.2, 0.25) is 5.91 Å². The summed E-state index contributed by atoms with van der Waals surface area (Å²) in [6.07, 6.45) is 5.02. The van der Waals surface area contributed by atoms with Gasteiger partial charge in [0.25, 0.3) is 0 Å². The van der Waals surface area contributed by atoms with Gasteiger partial charge in [-0.25, -0.2) is 0 Å². The van der Waals surface area contributed by atoms with Crippen LogP contribution in [0.5, 0.6) is 0 Å². The van der Waals surface area contributed by atoms with Gasteiger partial charge in [-0.1, -0.05) is 18.0 Å². The van der Waals surface area contributed by atoms with Crippen LogP contribution in [-0.4, -0.2) is 17.1 Å². The normalized spacial score (nSPS) is 16.9. The Hall–Kier alpha value is -1.32. The highest BCUT2D eigenvalue weighted by atomic mass is 16.5. The van der Waals surface area contributed by atoms with Crippen molar-refractivity contribution in [2.24, 2.45) is 0 Å². The Balaban J connectivity index is 1.81. The largest absolute Gasteiger partial charge is 0.361 e. The molecule has 0 unspecified atom stereocenters. The zero-order valence-electron chi connectivity index (χ0n) is 8.95. The number of nitrogens with zero attached hydrogens (tertiary/aromatic N) is 1. The lowest BCUT2D eigenvalue weighted by atomic mass is 10.2. The standard InChI is InChI=1S/C11H16N2O2/c1-8-6-10(13-15-8)7-11(14)12-9-4-2-3-5-9/h6,9H,2-5,7H2,1H3,(H,12,14). The molecule has 0 aliphatic heterocycles. The molecule has 4 heteroatoms. The number of carbonyl (C=O) groups is 1. The van der Waals surface area contributed by atoms with Crippen LogP contribution in [0, 0.1) is 6.92 Å². The number of aromatic nitrogens is 1. The molecule has 1 aliphatic rings. The molecular formula is C11H16N2O2. The van der Waals surface area contributed by atoms with Gasteiger partial charge in [-0.15, -0.1) is 0 Å². The second-order valence-electron chi connectivity index (χ2n) is 4.15. The van der Waals surface area contributed by atoms with Crippen LogP contribution in [0.4, 0.5) is 0 Å². The number of hydrogen-bond donors (Lipinski definition) is 1. The maximum Gasteiger partial charge on any atom is 0.226 e. The van der Waals surface area contributed by atoms with E-state index in [0.29, 0.717) is 18.2 Å². The highest BCUT2D eigenvalue weighted by Crippen LogP contribution is 2.17. The molecule has 0 radical (unpaired) electrons. The van der Waals surface area contributed by atoms with Gasteiger partial charge in [-0.3, -0.25) is 4.79 Å². The number of carbonyl (C=O) groups excluding carboxylic acids is 1. The number of amides is 1. The predicted octanol–water partition coefficient (Wildman–Crippen LogP) is 1.58. The van der Waals surface area contributed by atoms with Crippen LogP contribution >= 0.6 is 0 Å². The molecule has 0 bridgehead atoms. The molecule has 2 rings (SSSR count). The topological polar surface area (TPSA) is 55.1 Å². The van der Waals surface area contributed by atoms with E-state index in [4.69, 9.17) is 4.52 Å². The molecule has 1 aliphatic carbocycles. The van der Waals surface area contributed by atoms with E-state index in [-0.39, 0.29) is 5.91 Å². The van der Waals surface area contributed by atoms with E-state index in [1.165, 1.54) is 12.8 Å². The van der Waals surface area contributed by atoms with Gasteiger partial charge in [-0.05, 0) is 19.8 Å². The maximum atomic E-state index is 11.6. The summed E-state index contributed by atoms with van der Waals surface area (Å²) in [5, 5.41) is 6.81. The van der Waals surface area contributed by atoms with Crippen LogP contribution in [0.1, 0.15) is 37.1 Å². The van der Waals surface area contributed by atoms with Gasteiger partial charge in [0.1, 0.15) is 5.76 Å². The van der Waals surface area contributed by atoms with Gasteiger partial charge in [0.15, 0.2) is 0 Å². The smallest absolute Gasteiger partial charge is 0.226 e. The quantitative estimate of drug-likeness (QED) is 0.820. The highest BCUT2D eigenvalue weighted by Gasteiger charge is 2.17. The Bertz CT molecular complexity index is 340. The van der Waals surface area contributed by atoms with Crippen LogP contribution in [-0.2, 0) is 11.2 Å². The lowest BCUT2D eigenvalue weighted by molar-refractivity contribution is -0.121. The first kappa shape index (κ1) is 10.2. The van der Waals surface area contributed by atoms with Crippen LogP contribution in [0.3, 0.4) is 0 Å². The minimum atomic E-state index is 0.0511. The second kappa shape index (κ2) is 4.47. The molecule has 0 atom stereocenters. The second-order valence-corrected chi connectivity index (χ2v) is 4.15. The Morgan fingerprint density at radius 3 is 2.93 bits per heavy atom. The van der Waals surface area contributed by atoms with E-state index in [9.17, 15) is 4.79 Å². The first-order valence-electron chi connectivity index (χ1n) is 5.45. The molecule has 1 saturated carbocycles. The summed E-state index contributed by atoms with van der Waals surface area (Å²) in [5.74, 6) is 0.800. The van der Waals surface area contributed by atoms with E-state index < -0.39 is 0 Å². The Kier molecular flexibility index (Phi) is 3.04. The fraction of sp³-hybridized carbons (Fsp3) is 0.636. The number of aryl methyl sites for hydroxylation is 1. The van der Waals surface area contributed by atoms with Crippen LogP contribution in [0.25, 0.3) is 0 Å². The van der Waals surface area contributed by atoms with Crippen molar-refractivity contribution in [3.63, 3.8) is 0 Å². The van der Waals surface area contributed by atoms with Crippen LogP contribution < -0.4 is 5.32 Å². The summed E-state index contributed by atoms with van der Waals surface area (Å²) in [7, 11) is 0. The van der Waals surface area contributed by atoms with Crippen molar-refractivity contribution in [1.29, 1.82) is 0 Å². The maximum absolute atomic E-state index is 11.6. The van der Waals surface area contributed by atoms with Crippen molar-refractivity contribution in [3.05, 3.63) is 17.5 Å². The molecule has 1 aromatic heterocycles. The van der Waals surface area contributed by atoms with Crippen molar-refractivity contribution in [3.8, 4) is 0 Å². The summed E-state index contributed by atoms with van der Waals surface area (Å²) < 4.78 is 4.91. The molecule has 1 heterocycles. The lowest BCUT2D eigenvalue weighted by Gasteiger charge is -2.10. The first-order valence-corrected chi connectivity index (χ1v) is 5.45. The Morgan fingerprint density at radius 1 is 1.60 bits per heavy atom. The molecule has 1 fully saturated rings. The van der Waals surface area contributed by atoms with Crippen LogP contribution in [0.15, 0.2) is 10.6 Å². The van der Waals surface area contributed by atoms with Crippen LogP contribution in [0.2, 0.25) is 0 Å². The zero-order valence-corrected chi connectivity index (χ0v) is 8.95. The van der Waals surface area contributed by atoms with Crippen molar-refractivity contribution in [1.82, 2.24) is 10.5 Å². The highest BCUT2D eigenvalue weighted by molar-refractivity contribution is 5.78. The average Bonchev–Trinajstić information content (AvgIpc) is 2.77. The van der Waals surface area contributed by atoms with Crippen molar-refractivity contribution in [2.45, 2.75) is 45.1 Å². The summed E-state index contributed by atoms with van der Waals surface area (Å²) >= 11 is 0. The Labute approximate surface area is 89.0 Å². The lowest BCUT2D eigenvalue weighted by Crippen LogP contribution is -2.33. The molecule has 82 valence electrons. The van der Waals surface area contributed by atoms with Gasteiger partial charge in [-0.2, -0.15) is 0 Å². The average molecular weight is 208 g/mol. The summed E-state index contributed by atoms with van der Waals surface area (Å²) in [5.41, 5.74) is 0.711. The third kappa shape index (κ3) is 2.81. The monoisotopic (exact) mass is 208 g/mol. The molecule has 0 aromatic carbocycles. The minimum absolute atomic E-state index is 0.0511. The minimum Gasteiger partial charge on any atom is -0.361 e. The van der Waals surface area contributed by atoms with Crippen molar-refractivity contribution >= 4 is 5.91 Å². The van der Waals surface area contributed by atoms with E-state index in [2.05, 4.69) is 10.5 Å². The third-order valence-corrected chi connectivity index (χ3v) is 2.74. The number of rotatable bonds is 3. The molecule has 4 nitrogen and oxygen atoms in total. The summed E-state index contributed by atoms with van der Waals surface area (Å²) in [4.78, 5) is 11.6. The number of nitrogens with one attached hydrogen (secondary N) is 1. The molecule has 1 amide bonds. The zero-order chi connectivity index (χ0) is 10.7. The van der Waals surface area contributed by atoms with E-state index >= 15 is 0 Å². The summed E-state index contributed by atoms with van der Waals surface area (Å²) in [6, 6.07) is 2.18. The first-order chi connectivity index (χ1) is 7.24. The molecule has 1 aromatic rings. The SMILES string of the molecule is Cc1cc(CC(=O)NC2CCCC2)no1. The molecule has 0 spiro atoms. The molecule has 1 N–H and O–H groups in total. The van der Waals surface area contributed by atoms with Crippen molar-refractivity contribution < 1.29 is 9.32 Å². The van der Waals surface area contributed by atoms with E-state index in [0.717, 1.165) is 18.6 Å². The fourth-order valence-corrected chi connectivity index (χ4v) is 2.01. The molecular weight excluding hydrogens is 192 g/mol. The van der Waals surface area contributed by atoms with Gasteiger partial charge in [0, 0.05) is 12.1 Å². The molecule has 15 heavy (non-hydrogen) atoms. The van der Waals surface area contributed by atoms with E-state index in [1.54, 1.807) is 6.07 Å². The fourth-order valence-electron chi connectivity index (χ4n) is 2.01. The number of hydrogen-bond acceptors (Lipinski definition) is 3. The Morgan fingerprint density at radius 2 is 2.33 bits per heavy atom. The van der Waals surface area contributed by atoms with Gasteiger partial charge in [0.05, 0.1) is 12.1 Å². The van der Waals surface area contributed by atoms with E-state index in [1.807, 2.05) is 6.92 Å².